The summed E-state index contributed by atoms with van der Waals surface area (Å²) in [5.74, 6) is 0.414. The smallest absolute Gasteiger partial charge is 0.330 e. The third-order valence-electron chi connectivity index (χ3n) is 6.44. The molecule has 1 aromatic carbocycles. The number of aliphatic hydroxyl groups is 1. The van der Waals surface area contributed by atoms with Crippen LogP contribution in [0.2, 0.25) is 0 Å². The fourth-order valence-electron chi connectivity index (χ4n) is 4.48. The Balaban J connectivity index is 1.59. The summed E-state index contributed by atoms with van der Waals surface area (Å²) in [6.07, 6.45) is 7.51. The Labute approximate surface area is 178 Å². The molecule has 2 N–H and O–H groups in total. The zero-order valence-corrected chi connectivity index (χ0v) is 17.8. The van der Waals surface area contributed by atoms with E-state index in [1.165, 1.54) is 0 Å². The zero-order chi connectivity index (χ0) is 21.8. The van der Waals surface area contributed by atoms with Crippen molar-refractivity contribution in [2.45, 2.75) is 51.2 Å². The maximum absolute atomic E-state index is 13.1. The van der Waals surface area contributed by atoms with E-state index in [2.05, 4.69) is 27.2 Å². The maximum Gasteiger partial charge on any atom is 0.330 e. The quantitative estimate of drug-likeness (QED) is 0.525. The number of aromatic nitrogens is 6. The minimum absolute atomic E-state index is 0.113. The number of hydrogen-bond acceptors (Lipinski definition) is 7. The fraction of sp³-hybridized carbons (Fsp3) is 0.409. The van der Waals surface area contributed by atoms with Crippen molar-refractivity contribution in [3.8, 4) is 0 Å². The number of nitrogens with zero attached hydrogens (tertiary/aromatic N) is 6. The van der Waals surface area contributed by atoms with Gasteiger partial charge in [0.05, 0.1) is 23.3 Å². The van der Waals surface area contributed by atoms with Gasteiger partial charge in [0, 0.05) is 30.7 Å². The monoisotopic (exact) mass is 419 g/mol. The molecule has 0 bridgehead atoms. The van der Waals surface area contributed by atoms with Crippen LogP contribution in [0.25, 0.3) is 22.2 Å². The standard InChI is InChI=1S/C22H25N7O2/c1-13-10-16-17(24-9-8-23-16)11-15(13)26-20-25-12-18-19(27-20)29(21(31)28(18)3)22(2)6-4-14(30)5-7-22/h8-12,14,30H,4-7H2,1-3H3,(H,25,26,27)/t14-,22+. The number of imidazole rings is 1. The summed E-state index contributed by atoms with van der Waals surface area (Å²) in [6, 6.07) is 3.89. The van der Waals surface area contributed by atoms with Crippen molar-refractivity contribution in [1.82, 2.24) is 29.1 Å². The summed E-state index contributed by atoms with van der Waals surface area (Å²) in [5, 5.41) is 13.2. The maximum atomic E-state index is 13.1. The molecule has 0 amide bonds. The Morgan fingerprint density at radius 1 is 1.13 bits per heavy atom. The number of aryl methyl sites for hydroxylation is 2. The number of benzene rings is 1. The first kappa shape index (κ1) is 19.6. The summed E-state index contributed by atoms with van der Waals surface area (Å²) in [4.78, 5) is 31.0. The summed E-state index contributed by atoms with van der Waals surface area (Å²) >= 11 is 0. The summed E-state index contributed by atoms with van der Waals surface area (Å²) < 4.78 is 3.37. The molecule has 1 saturated carbocycles. The number of rotatable bonds is 3. The van der Waals surface area contributed by atoms with Crippen LogP contribution < -0.4 is 11.0 Å². The highest BCUT2D eigenvalue weighted by molar-refractivity contribution is 5.82. The minimum atomic E-state index is -0.393. The Morgan fingerprint density at radius 2 is 1.81 bits per heavy atom. The summed E-state index contributed by atoms with van der Waals surface area (Å²) in [5.41, 5.74) is 4.21. The second-order valence-electron chi connectivity index (χ2n) is 8.64. The fourth-order valence-corrected chi connectivity index (χ4v) is 4.48. The van der Waals surface area contributed by atoms with E-state index in [9.17, 15) is 9.90 Å². The Kier molecular flexibility index (Phi) is 4.51. The van der Waals surface area contributed by atoms with E-state index in [4.69, 9.17) is 4.98 Å². The van der Waals surface area contributed by atoms with Crippen LogP contribution in [0, 0.1) is 6.92 Å². The first-order valence-electron chi connectivity index (χ1n) is 10.5. The third kappa shape index (κ3) is 3.25. The van der Waals surface area contributed by atoms with E-state index in [-0.39, 0.29) is 11.8 Å². The summed E-state index contributed by atoms with van der Waals surface area (Å²) in [6.45, 7) is 4.06. The van der Waals surface area contributed by atoms with Crippen LogP contribution in [0.3, 0.4) is 0 Å². The minimum Gasteiger partial charge on any atom is -0.393 e. The Morgan fingerprint density at radius 3 is 2.52 bits per heavy atom. The first-order chi connectivity index (χ1) is 14.9. The molecule has 3 aromatic heterocycles. The molecule has 4 aromatic rings. The third-order valence-corrected chi connectivity index (χ3v) is 6.44. The van der Waals surface area contributed by atoms with Crippen LogP contribution in [0.5, 0.6) is 0 Å². The average Bonchev–Trinajstić information content (AvgIpc) is 3.01. The predicted molar refractivity (Wildman–Crippen MR) is 118 cm³/mol. The van der Waals surface area contributed by atoms with Crippen LogP contribution in [0.1, 0.15) is 38.2 Å². The second-order valence-corrected chi connectivity index (χ2v) is 8.64. The SMILES string of the molecule is Cc1cc2nccnc2cc1Nc1ncc2c(n1)n([C@]1(C)CC[C@H](O)CC1)c(=O)n2C. The lowest BCUT2D eigenvalue weighted by molar-refractivity contribution is 0.0757. The first-order valence-corrected chi connectivity index (χ1v) is 10.5. The second kappa shape index (κ2) is 7.12. The molecule has 0 spiro atoms. The highest BCUT2D eigenvalue weighted by atomic mass is 16.3. The molecule has 3 heterocycles. The molecule has 9 heteroatoms. The molecule has 31 heavy (non-hydrogen) atoms. The number of nitrogens with one attached hydrogen (secondary N) is 1. The van der Waals surface area contributed by atoms with Crippen molar-refractivity contribution in [3.05, 3.63) is 46.8 Å². The normalized spacial score (nSPS) is 21.6. The molecular weight excluding hydrogens is 394 g/mol. The highest BCUT2D eigenvalue weighted by Gasteiger charge is 2.35. The molecule has 160 valence electrons. The van der Waals surface area contributed by atoms with Gasteiger partial charge in [-0.2, -0.15) is 4.98 Å². The van der Waals surface area contributed by atoms with Gasteiger partial charge in [-0.15, -0.1) is 0 Å². The Hall–Kier alpha value is -3.33. The molecule has 9 nitrogen and oxygen atoms in total. The van der Waals surface area contributed by atoms with Crippen molar-refractivity contribution in [2.24, 2.45) is 7.05 Å². The van der Waals surface area contributed by atoms with E-state index >= 15 is 0 Å². The van der Waals surface area contributed by atoms with Gasteiger partial charge in [0.2, 0.25) is 5.95 Å². The van der Waals surface area contributed by atoms with Crippen molar-refractivity contribution in [1.29, 1.82) is 0 Å². The van der Waals surface area contributed by atoms with Crippen LogP contribution in [-0.2, 0) is 12.6 Å². The molecule has 0 atom stereocenters. The van der Waals surface area contributed by atoms with Crippen molar-refractivity contribution < 1.29 is 5.11 Å². The molecule has 0 saturated heterocycles. The lowest BCUT2D eigenvalue weighted by atomic mass is 9.81. The summed E-state index contributed by atoms with van der Waals surface area (Å²) in [7, 11) is 1.74. The van der Waals surface area contributed by atoms with E-state index in [0.717, 1.165) is 35.1 Å². The molecular formula is C22H25N7O2. The van der Waals surface area contributed by atoms with Gasteiger partial charge in [0.15, 0.2) is 5.65 Å². The number of aliphatic hydroxyl groups excluding tert-OH is 1. The van der Waals surface area contributed by atoms with Gasteiger partial charge in [-0.1, -0.05) is 0 Å². The molecule has 0 radical (unpaired) electrons. The van der Waals surface area contributed by atoms with Crippen LogP contribution in [0.15, 0.2) is 35.5 Å². The van der Waals surface area contributed by atoms with Gasteiger partial charge in [-0.3, -0.25) is 19.1 Å². The van der Waals surface area contributed by atoms with Crippen LogP contribution in [-0.4, -0.2) is 40.3 Å². The number of anilines is 2. The number of fused-ring (bicyclic) bond motifs is 2. The topological polar surface area (TPSA) is 111 Å². The molecule has 0 aliphatic heterocycles. The van der Waals surface area contributed by atoms with Crippen molar-refractivity contribution in [3.63, 3.8) is 0 Å². The van der Waals surface area contributed by atoms with Gasteiger partial charge < -0.3 is 10.4 Å². The molecule has 0 unspecified atom stereocenters. The van der Waals surface area contributed by atoms with Gasteiger partial charge in [-0.25, -0.2) is 9.78 Å². The van der Waals surface area contributed by atoms with Gasteiger partial charge >= 0.3 is 5.69 Å². The lowest BCUT2D eigenvalue weighted by Crippen LogP contribution is -2.42. The van der Waals surface area contributed by atoms with Crippen LogP contribution >= 0.6 is 0 Å². The van der Waals surface area contributed by atoms with Crippen LogP contribution in [0.4, 0.5) is 11.6 Å². The Bertz CT molecular complexity index is 1350. The largest absolute Gasteiger partial charge is 0.393 e. The lowest BCUT2D eigenvalue weighted by Gasteiger charge is -2.36. The van der Waals surface area contributed by atoms with E-state index in [0.29, 0.717) is 30.0 Å². The molecule has 5 rings (SSSR count). The average molecular weight is 419 g/mol. The van der Waals surface area contributed by atoms with Gasteiger partial charge in [-0.05, 0) is 57.2 Å². The van der Waals surface area contributed by atoms with Crippen molar-refractivity contribution >= 4 is 33.8 Å². The van der Waals surface area contributed by atoms with Gasteiger partial charge in [0.25, 0.3) is 0 Å². The van der Waals surface area contributed by atoms with E-state index < -0.39 is 5.54 Å². The van der Waals surface area contributed by atoms with E-state index in [1.807, 2.05) is 19.1 Å². The van der Waals surface area contributed by atoms with Gasteiger partial charge in [0.1, 0.15) is 5.52 Å². The predicted octanol–water partition coefficient (Wildman–Crippen LogP) is 2.78. The zero-order valence-electron chi connectivity index (χ0n) is 17.8. The molecule has 1 fully saturated rings. The van der Waals surface area contributed by atoms with Crippen molar-refractivity contribution in [2.75, 3.05) is 5.32 Å². The highest BCUT2D eigenvalue weighted by Crippen LogP contribution is 2.35. The number of hydrogen-bond donors (Lipinski definition) is 2. The van der Waals surface area contributed by atoms with E-state index in [1.54, 1.807) is 34.8 Å². The molecule has 1 aliphatic rings. The molecule has 1 aliphatic carbocycles.